The molecule has 3 aliphatic carbocycles. The predicted octanol–water partition coefficient (Wildman–Crippen LogP) is 2.20. The van der Waals surface area contributed by atoms with Gasteiger partial charge in [-0.1, -0.05) is 18.5 Å². The summed E-state index contributed by atoms with van der Waals surface area (Å²) in [7, 11) is -4.04. The number of rotatable bonds is 8. The number of anilines is 1. The average molecular weight is 572 g/mol. The molecule has 5 rings (SSSR count). The summed E-state index contributed by atoms with van der Waals surface area (Å²) in [5, 5.41) is 24.2. The molecular formula is C25H28ClF2N3O6S. The molecule has 2 aromatic carbocycles. The fraction of sp³-hybridized carbons (Fsp3) is 0.440. The second-order valence-electron chi connectivity index (χ2n) is 9.98. The molecule has 0 heterocycles. The van der Waals surface area contributed by atoms with Gasteiger partial charge in [-0.05, 0) is 60.9 Å². The summed E-state index contributed by atoms with van der Waals surface area (Å²) in [6.45, 7) is 1.72. The van der Waals surface area contributed by atoms with Crippen molar-refractivity contribution in [3.05, 3.63) is 58.6 Å². The van der Waals surface area contributed by atoms with Crippen LogP contribution in [0.15, 0.2) is 41.3 Å². The highest BCUT2D eigenvalue weighted by Crippen LogP contribution is 2.60. The lowest BCUT2D eigenvalue weighted by Crippen LogP contribution is -2.68. The van der Waals surface area contributed by atoms with Crippen molar-refractivity contribution in [2.24, 2.45) is 23.5 Å². The van der Waals surface area contributed by atoms with Gasteiger partial charge >= 0.3 is 0 Å². The number of carbonyl (C=O) groups excluding carboxylic acids is 2. The fourth-order valence-corrected chi connectivity index (χ4v) is 8.07. The number of hydrogen-bond donors (Lipinski definition) is 5. The molecule has 0 aliphatic heterocycles. The first kappa shape index (κ1) is 28.4. The number of nitrogens with two attached hydrogens (primary N) is 1. The van der Waals surface area contributed by atoms with Gasteiger partial charge in [-0.2, -0.15) is 0 Å². The lowest BCUT2D eigenvalue weighted by Gasteiger charge is -2.62. The molecule has 2 bridgehead atoms. The maximum absolute atomic E-state index is 13.6. The molecule has 2 unspecified atom stereocenters. The molecule has 3 fully saturated rings. The lowest BCUT2D eigenvalue weighted by molar-refractivity contribution is -0.219. The van der Waals surface area contributed by atoms with Crippen molar-refractivity contribution >= 4 is 38.9 Å². The standard InChI is InChI=1S/C25H28ClF2N3O6S/c1-12-16-8-15(9-17(12)25(16,35)10-23(33)30-11-22(29)32)38(36,37)21-6-13(2-4-18(21)26)24(34)31-14-3-5-19(27)20(28)7-14/h2-7,12,15-17,22,32,35H,8-11,29H2,1H3,(H,30,33)(H,31,34)/t12?,15?,16?,17?,22-,25?/m0/s1. The molecule has 0 saturated heterocycles. The van der Waals surface area contributed by atoms with E-state index < -0.39 is 62.2 Å². The average Bonchev–Trinajstić information content (AvgIpc) is 2.85. The first-order valence-corrected chi connectivity index (χ1v) is 13.9. The van der Waals surface area contributed by atoms with Crippen LogP contribution in [0.4, 0.5) is 14.5 Å². The van der Waals surface area contributed by atoms with E-state index in [0.29, 0.717) is 0 Å². The zero-order chi connectivity index (χ0) is 28.0. The van der Waals surface area contributed by atoms with Crippen LogP contribution >= 0.6 is 11.6 Å². The van der Waals surface area contributed by atoms with Gasteiger partial charge < -0.3 is 26.6 Å². The first-order valence-electron chi connectivity index (χ1n) is 12.0. The van der Waals surface area contributed by atoms with E-state index in [4.69, 9.17) is 22.4 Å². The van der Waals surface area contributed by atoms with Gasteiger partial charge in [-0.3, -0.25) is 9.59 Å². The number of amides is 2. The van der Waals surface area contributed by atoms with Crippen LogP contribution in [-0.2, 0) is 14.6 Å². The number of fused-ring (bicyclic) bond motifs is 2. The van der Waals surface area contributed by atoms with E-state index in [-0.39, 0.29) is 52.9 Å². The summed E-state index contributed by atoms with van der Waals surface area (Å²) >= 11 is 6.23. The highest BCUT2D eigenvalue weighted by Gasteiger charge is 2.64. The number of sulfone groups is 1. The third-order valence-corrected chi connectivity index (χ3v) is 10.3. The Balaban J connectivity index is 1.51. The summed E-state index contributed by atoms with van der Waals surface area (Å²) in [5.74, 6) is -4.41. The molecule has 206 valence electrons. The van der Waals surface area contributed by atoms with Gasteiger partial charge in [0.15, 0.2) is 21.5 Å². The number of carbonyl (C=O) groups is 2. The van der Waals surface area contributed by atoms with E-state index in [1.165, 1.54) is 18.2 Å². The maximum atomic E-state index is 13.6. The van der Waals surface area contributed by atoms with Crippen LogP contribution in [0.3, 0.4) is 0 Å². The Hall–Kier alpha value is -2.64. The Kier molecular flexibility index (Phi) is 7.84. The van der Waals surface area contributed by atoms with Crippen molar-refractivity contribution < 1.29 is 37.0 Å². The second kappa shape index (κ2) is 10.5. The molecule has 0 radical (unpaired) electrons. The van der Waals surface area contributed by atoms with Gasteiger partial charge in [0.2, 0.25) is 5.91 Å². The lowest BCUT2D eigenvalue weighted by atomic mass is 9.47. The molecule has 2 amide bonds. The Bertz CT molecular complexity index is 1360. The monoisotopic (exact) mass is 571 g/mol. The predicted molar refractivity (Wildman–Crippen MR) is 135 cm³/mol. The highest BCUT2D eigenvalue weighted by atomic mass is 35.5. The van der Waals surface area contributed by atoms with Crippen LogP contribution in [0.1, 0.15) is 36.5 Å². The Morgan fingerprint density at radius 2 is 1.82 bits per heavy atom. The van der Waals surface area contributed by atoms with Crippen molar-refractivity contribution in [3.63, 3.8) is 0 Å². The van der Waals surface area contributed by atoms with Crippen molar-refractivity contribution in [2.45, 2.75) is 48.2 Å². The molecule has 0 aromatic heterocycles. The molecule has 3 saturated carbocycles. The van der Waals surface area contributed by atoms with Crippen LogP contribution in [0.25, 0.3) is 0 Å². The number of aliphatic hydroxyl groups is 2. The molecule has 38 heavy (non-hydrogen) atoms. The van der Waals surface area contributed by atoms with Gasteiger partial charge in [-0.25, -0.2) is 17.2 Å². The normalized spacial score (nSPS) is 27.2. The quantitative estimate of drug-likeness (QED) is 0.304. The van der Waals surface area contributed by atoms with Gasteiger partial charge in [0.1, 0.15) is 6.23 Å². The Labute approximate surface area is 223 Å². The van der Waals surface area contributed by atoms with Crippen molar-refractivity contribution in [1.29, 1.82) is 0 Å². The number of hydrogen-bond acceptors (Lipinski definition) is 7. The molecule has 0 spiro atoms. The summed E-state index contributed by atoms with van der Waals surface area (Å²) in [4.78, 5) is 24.7. The van der Waals surface area contributed by atoms with Crippen LogP contribution < -0.4 is 16.4 Å². The van der Waals surface area contributed by atoms with Crippen molar-refractivity contribution in [1.82, 2.24) is 5.32 Å². The van der Waals surface area contributed by atoms with Crippen LogP contribution in [0.5, 0.6) is 0 Å². The number of aliphatic hydroxyl groups excluding tert-OH is 1. The van der Waals surface area contributed by atoms with E-state index in [0.717, 1.165) is 18.2 Å². The molecule has 3 atom stereocenters. The largest absolute Gasteiger partial charge is 0.389 e. The Morgan fingerprint density at radius 1 is 1.16 bits per heavy atom. The molecule has 6 N–H and O–H groups in total. The molecule has 2 aromatic rings. The Morgan fingerprint density at radius 3 is 2.42 bits per heavy atom. The number of benzene rings is 2. The molecular weight excluding hydrogens is 544 g/mol. The number of halogens is 3. The fourth-order valence-electron chi connectivity index (χ4n) is 5.72. The van der Waals surface area contributed by atoms with Gasteiger partial charge in [0.05, 0.1) is 33.7 Å². The smallest absolute Gasteiger partial charge is 0.255 e. The van der Waals surface area contributed by atoms with Crippen LogP contribution in [-0.4, -0.2) is 54.1 Å². The zero-order valence-electron chi connectivity index (χ0n) is 20.3. The molecule has 13 heteroatoms. The van der Waals surface area contributed by atoms with E-state index in [2.05, 4.69) is 10.6 Å². The molecule has 3 aliphatic rings. The van der Waals surface area contributed by atoms with Crippen LogP contribution in [0, 0.1) is 29.4 Å². The second-order valence-corrected chi connectivity index (χ2v) is 12.6. The van der Waals surface area contributed by atoms with E-state index in [1.807, 2.05) is 6.92 Å². The summed E-state index contributed by atoms with van der Waals surface area (Å²) in [5.41, 5.74) is 3.77. The third-order valence-electron chi connectivity index (χ3n) is 7.66. The first-order chi connectivity index (χ1) is 17.7. The SMILES string of the molecule is CC1C2CC(S(=O)(=O)c3cc(C(=O)Nc4ccc(F)c(F)c4)ccc3Cl)CC1C2(O)CC(=O)NC[C@@H](N)O. The van der Waals surface area contributed by atoms with E-state index in [1.54, 1.807) is 0 Å². The maximum Gasteiger partial charge on any atom is 0.255 e. The summed E-state index contributed by atoms with van der Waals surface area (Å²) in [6, 6.07) is 6.54. The van der Waals surface area contributed by atoms with Gasteiger partial charge in [-0.15, -0.1) is 0 Å². The zero-order valence-corrected chi connectivity index (χ0v) is 21.9. The summed E-state index contributed by atoms with van der Waals surface area (Å²) < 4.78 is 53.9. The third kappa shape index (κ3) is 5.28. The van der Waals surface area contributed by atoms with Crippen molar-refractivity contribution in [3.8, 4) is 0 Å². The highest BCUT2D eigenvalue weighted by molar-refractivity contribution is 7.92. The minimum atomic E-state index is -4.04. The topological polar surface area (TPSA) is 159 Å². The van der Waals surface area contributed by atoms with E-state index in [9.17, 15) is 31.9 Å². The van der Waals surface area contributed by atoms with Crippen molar-refractivity contribution in [2.75, 3.05) is 11.9 Å². The van der Waals surface area contributed by atoms with Gasteiger partial charge in [0.25, 0.3) is 5.91 Å². The number of nitrogens with one attached hydrogen (secondary N) is 2. The molecule has 9 nitrogen and oxygen atoms in total. The van der Waals surface area contributed by atoms with E-state index >= 15 is 0 Å². The minimum Gasteiger partial charge on any atom is -0.389 e. The minimum absolute atomic E-state index is 0.0111. The van der Waals surface area contributed by atoms with Crippen LogP contribution in [0.2, 0.25) is 5.02 Å². The van der Waals surface area contributed by atoms with Gasteiger partial charge in [0, 0.05) is 17.3 Å². The summed E-state index contributed by atoms with van der Waals surface area (Å²) in [6.07, 6.45) is -1.30.